The van der Waals surface area contributed by atoms with E-state index in [4.69, 9.17) is 10.6 Å². The summed E-state index contributed by atoms with van der Waals surface area (Å²) in [7, 11) is 0. The van der Waals surface area contributed by atoms with Crippen molar-refractivity contribution in [3.8, 4) is 5.75 Å². The van der Waals surface area contributed by atoms with Gasteiger partial charge in [0.25, 0.3) is 0 Å². The third-order valence-electron chi connectivity index (χ3n) is 3.56. The molecule has 4 heteroatoms. The van der Waals surface area contributed by atoms with Gasteiger partial charge in [0.1, 0.15) is 5.75 Å². The first-order chi connectivity index (χ1) is 8.85. The fourth-order valence-electron chi connectivity index (χ4n) is 2.53. The Bertz CT molecular complexity index is 373. The summed E-state index contributed by atoms with van der Waals surface area (Å²) in [4.78, 5) is 0. The van der Waals surface area contributed by atoms with E-state index in [0.717, 1.165) is 37.4 Å². The highest BCUT2D eigenvalue weighted by molar-refractivity contribution is 7.98. The quantitative estimate of drug-likeness (QED) is 0.613. The van der Waals surface area contributed by atoms with Crippen molar-refractivity contribution >= 4 is 11.8 Å². The number of thioether (sulfide) groups is 1. The van der Waals surface area contributed by atoms with Crippen LogP contribution in [-0.2, 0) is 0 Å². The minimum Gasteiger partial charge on any atom is -0.493 e. The van der Waals surface area contributed by atoms with Gasteiger partial charge < -0.3 is 4.74 Å². The zero-order valence-electron chi connectivity index (χ0n) is 10.9. The largest absolute Gasteiger partial charge is 0.493 e. The van der Waals surface area contributed by atoms with Gasteiger partial charge in [0.05, 0.1) is 6.61 Å². The molecule has 0 radical (unpaired) electrons. The monoisotopic (exact) mass is 266 g/mol. The van der Waals surface area contributed by atoms with Crippen molar-refractivity contribution in [1.82, 2.24) is 5.43 Å². The van der Waals surface area contributed by atoms with Crippen LogP contribution in [0.5, 0.6) is 5.75 Å². The molecule has 0 saturated carbocycles. The third kappa shape index (κ3) is 3.40. The van der Waals surface area contributed by atoms with Crippen molar-refractivity contribution in [2.75, 3.05) is 18.6 Å². The van der Waals surface area contributed by atoms with Gasteiger partial charge in [-0.15, -0.1) is 0 Å². The summed E-state index contributed by atoms with van der Waals surface area (Å²) >= 11 is 1.87. The van der Waals surface area contributed by atoms with Crippen LogP contribution in [0.4, 0.5) is 0 Å². The van der Waals surface area contributed by atoms with Crippen molar-refractivity contribution < 1.29 is 4.74 Å². The van der Waals surface area contributed by atoms with Crippen molar-refractivity contribution in [1.29, 1.82) is 0 Å². The highest BCUT2D eigenvalue weighted by Gasteiger charge is 2.23. The van der Waals surface area contributed by atoms with E-state index in [-0.39, 0.29) is 0 Å². The summed E-state index contributed by atoms with van der Waals surface area (Å²) in [5.74, 6) is 8.43. The van der Waals surface area contributed by atoms with Gasteiger partial charge in [-0.25, -0.2) is 0 Å². The molecule has 0 bridgehead atoms. The lowest BCUT2D eigenvalue weighted by molar-refractivity contribution is 0.254. The molecule has 1 aliphatic rings. The highest BCUT2D eigenvalue weighted by Crippen LogP contribution is 2.36. The number of hydrazine groups is 1. The minimum absolute atomic E-state index is 0.397. The Balaban J connectivity index is 2.01. The Labute approximate surface area is 113 Å². The van der Waals surface area contributed by atoms with Gasteiger partial charge in [0.2, 0.25) is 0 Å². The molecule has 0 spiro atoms. The second-order valence-corrected chi connectivity index (χ2v) is 5.74. The minimum atomic E-state index is 0.397. The molecule has 2 rings (SSSR count). The summed E-state index contributed by atoms with van der Waals surface area (Å²) in [5, 5.41) is 0. The molecule has 18 heavy (non-hydrogen) atoms. The maximum atomic E-state index is 5.69. The Morgan fingerprint density at radius 3 is 3.11 bits per heavy atom. The molecule has 3 nitrogen and oxygen atoms in total. The molecule has 1 aromatic carbocycles. The van der Waals surface area contributed by atoms with Crippen LogP contribution in [0, 0.1) is 0 Å². The van der Waals surface area contributed by atoms with Crippen molar-refractivity contribution in [3.63, 3.8) is 0 Å². The number of fused-ring (bicyclic) bond motifs is 1. The molecule has 1 aliphatic heterocycles. The van der Waals surface area contributed by atoms with Crippen LogP contribution >= 0.6 is 11.8 Å². The zero-order chi connectivity index (χ0) is 12.8. The Kier molecular flexibility index (Phi) is 5.35. The van der Waals surface area contributed by atoms with E-state index in [1.165, 1.54) is 5.56 Å². The van der Waals surface area contributed by atoms with Crippen molar-refractivity contribution in [3.05, 3.63) is 29.8 Å². The molecule has 100 valence electrons. The summed E-state index contributed by atoms with van der Waals surface area (Å²) in [6.45, 7) is 0.821. The van der Waals surface area contributed by atoms with Crippen LogP contribution in [0.1, 0.15) is 30.7 Å². The number of nitrogens with two attached hydrogens (primary N) is 1. The number of benzene rings is 1. The number of rotatable bonds is 6. The fourth-order valence-corrected chi connectivity index (χ4v) is 3.05. The van der Waals surface area contributed by atoms with Crippen LogP contribution in [0.2, 0.25) is 0 Å². The molecule has 2 atom stereocenters. The van der Waals surface area contributed by atoms with Gasteiger partial charge in [-0.1, -0.05) is 18.2 Å². The topological polar surface area (TPSA) is 47.3 Å². The van der Waals surface area contributed by atoms with Gasteiger partial charge in [-0.2, -0.15) is 11.8 Å². The SMILES string of the molecule is CSCCC(CC1CCOc2ccccc21)NN. The van der Waals surface area contributed by atoms with Crippen LogP contribution in [0.15, 0.2) is 24.3 Å². The Hall–Kier alpha value is -0.710. The van der Waals surface area contributed by atoms with E-state index in [1.807, 2.05) is 17.8 Å². The number of ether oxygens (including phenoxy) is 1. The third-order valence-corrected chi connectivity index (χ3v) is 4.20. The van der Waals surface area contributed by atoms with E-state index in [2.05, 4.69) is 29.9 Å². The molecule has 0 aliphatic carbocycles. The summed E-state index contributed by atoms with van der Waals surface area (Å²) < 4.78 is 5.69. The number of nitrogens with one attached hydrogen (secondary N) is 1. The normalized spacial score (nSPS) is 20.0. The molecule has 0 aromatic heterocycles. The van der Waals surface area contributed by atoms with Gasteiger partial charge >= 0.3 is 0 Å². The number of hydrogen-bond acceptors (Lipinski definition) is 4. The lowest BCUT2D eigenvalue weighted by atomic mass is 9.87. The van der Waals surface area contributed by atoms with E-state index < -0.39 is 0 Å². The van der Waals surface area contributed by atoms with Gasteiger partial charge in [0.15, 0.2) is 0 Å². The summed E-state index contributed by atoms with van der Waals surface area (Å²) in [5.41, 5.74) is 4.30. The molecule has 1 heterocycles. The predicted molar refractivity (Wildman–Crippen MR) is 78.0 cm³/mol. The van der Waals surface area contributed by atoms with E-state index in [0.29, 0.717) is 12.0 Å². The van der Waals surface area contributed by atoms with E-state index in [9.17, 15) is 0 Å². The second kappa shape index (κ2) is 7.02. The molecule has 0 saturated heterocycles. The lowest BCUT2D eigenvalue weighted by Crippen LogP contribution is -2.37. The Morgan fingerprint density at radius 1 is 1.50 bits per heavy atom. The van der Waals surface area contributed by atoms with Crippen LogP contribution in [0.25, 0.3) is 0 Å². The molecule has 3 N–H and O–H groups in total. The first-order valence-corrected chi connectivity index (χ1v) is 7.91. The molecular weight excluding hydrogens is 244 g/mol. The maximum Gasteiger partial charge on any atom is 0.122 e. The van der Waals surface area contributed by atoms with Gasteiger partial charge in [-0.05, 0) is 48.8 Å². The smallest absolute Gasteiger partial charge is 0.122 e. The molecule has 0 amide bonds. The average molecular weight is 266 g/mol. The summed E-state index contributed by atoms with van der Waals surface area (Å²) in [6.07, 6.45) is 5.44. The molecular formula is C14H22N2OS. The molecule has 2 unspecified atom stereocenters. The van der Waals surface area contributed by atoms with Crippen LogP contribution in [-0.4, -0.2) is 24.7 Å². The number of hydrogen-bond donors (Lipinski definition) is 2. The second-order valence-electron chi connectivity index (χ2n) is 4.75. The van der Waals surface area contributed by atoms with Crippen molar-refractivity contribution in [2.45, 2.75) is 31.2 Å². The first kappa shape index (κ1) is 13.7. The molecule has 0 fully saturated rings. The first-order valence-electron chi connectivity index (χ1n) is 6.52. The maximum absolute atomic E-state index is 5.69. The Morgan fingerprint density at radius 2 is 2.33 bits per heavy atom. The van der Waals surface area contributed by atoms with E-state index >= 15 is 0 Å². The molecule has 1 aromatic rings. The van der Waals surface area contributed by atoms with Crippen LogP contribution in [0.3, 0.4) is 0 Å². The zero-order valence-corrected chi connectivity index (χ0v) is 11.7. The van der Waals surface area contributed by atoms with Gasteiger partial charge in [0, 0.05) is 6.04 Å². The average Bonchev–Trinajstić information content (AvgIpc) is 2.43. The summed E-state index contributed by atoms with van der Waals surface area (Å²) in [6, 6.07) is 8.77. The standard InChI is InChI=1S/C14H22N2OS/c1-18-9-7-12(16-15)10-11-6-8-17-14-5-3-2-4-13(11)14/h2-5,11-12,16H,6-10,15H2,1H3. The van der Waals surface area contributed by atoms with Crippen LogP contribution < -0.4 is 16.0 Å². The predicted octanol–water partition coefficient (Wildman–Crippen LogP) is 2.53. The highest BCUT2D eigenvalue weighted by atomic mass is 32.2. The van der Waals surface area contributed by atoms with E-state index in [1.54, 1.807) is 0 Å². The fraction of sp³-hybridized carbons (Fsp3) is 0.571. The lowest BCUT2D eigenvalue weighted by Gasteiger charge is -2.28. The van der Waals surface area contributed by atoms with Gasteiger partial charge in [-0.3, -0.25) is 11.3 Å². The number of para-hydroxylation sites is 1. The van der Waals surface area contributed by atoms with Crippen molar-refractivity contribution in [2.24, 2.45) is 5.84 Å².